The van der Waals surface area contributed by atoms with Crippen LogP contribution in [0.2, 0.25) is 0 Å². The molecule has 3 rings (SSSR count). The van der Waals surface area contributed by atoms with E-state index in [4.69, 9.17) is 4.74 Å². The Kier molecular flexibility index (Phi) is 3.98. The number of hydrogen-bond donors (Lipinski definition) is 1. The van der Waals surface area contributed by atoms with E-state index in [1.807, 2.05) is 12.1 Å². The van der Waals surface area contributed by atoms with Gasteiger partial charge in [-0.1, -0.05) is 12.8 Å². The van der Waals surface area contributed by atoms with Gasteiger partial charge in [0.15, 0.2) is 0 Å². The lowest BCUT2D eigenvalue weighted by molar-refractivity contribution is 0.210. The first-order valence-electron chi connectivity index (χ1n) is 7.13. The maximum absolute atomic E-state index is 5.74. The summed E-state index contributed by atoms with van der Waals surface area (Å²) in [6.07, 6.45) is 7.17. The SMILES string of the molecule is [c]1c[nH]c2nc(OCCN3CCCCCC3)ccc12. The van der Waals surface area contributed by atoms with Crippen LogP contribution in [0.25, 0.3) is 11.0 Å². The van der Waals surface area contributed by atoms with Gasteiger partial charge in [-0.2, -0.15) is 4.98 Å². The van der Waals surface area contributed by atoms with Crippen molar-refractivity contribution in [1.29, 1.82) is 0 Å². The van der Waals surface area contributed by atoms with Gasteiger partial charge in [0.1, 0.15) is 12.3 Å². The molecule has 2 aromatic rings. The molecule has 1 fully saturated rings. The van der Waals surface area contributed by atoms with Crippen LogP contribution in [0.1, 0.15) is 25.7 Å². The van der Waals surface area contributed by atoms with E-state index < -0.39 is 0 Å². The quantitative estimate of drug-likeness (QED) is 0.916. The molecule has 0 bridgehead atoms. The molecule has 1 saturated heterocycles. The summed E-state index contributed by atoms with van der Waals surface area (Å²) in [7, 11) is 0. The number of hydrogen-bond acceptors (Lipinski definition) is 3. The summed E-state index contributed by atoms with van der Waals surface area (Å²) in [5.41, 5.74) is 0.840. The molecular weight excluding hydrogens is 238 g/mol. The minimum atomic E-state index is 0.693. The van der Waals surface area contributed by atoms with Gasteiger partial charge in [-0.3, -0.25) is 4.90 Å². The van der Waals surface area contributed by atoms with Crippen LogP contribution in [0.4, 0.5) is 0 Å². The molecule has 1 radical (unpaired) electrons. The highest BCUT2D eigenvalue weighted by molar-refractivity contribution is 5.74. The summed E-state index contributed by atoms with van der Waals surface area (Å²) in [5, 5.41) is 1.000. The van der Waals surface area contributed by atoms with Crippen LogP contribution < -0.4 is 4.74 Å². The minimum Gasteiger partial charge on any atom is -0.476 e. The maximum Gasteiger partial charge on any atom is 0.215 e. The van der Waals surface area contributed by atoms with Crippen molar-refractivity contribution in [3.05, 3.63) is 24.4 Å². The zero-order valence-corrected chi connectivity index (χ0v) is 11.2. The van der Waals surface area contributed by atoms with E-state index in [1.165, 1.54) is 38.8 Å². The average Bonchev–Trinajstić information content (AvgIpc) is 2.74. The van der Waals surface area contributed by atoms with Gasteiger partial charge in [0, 0.05) is 30.3 Å². The summed E-state index contributed by atoms with van der Waals surface area (Å²) in [6.45, 7) is 4.13. The number of rotatable bonds is 4. The molecule has 1 N–H and O–H groups in total. The highest BCUT2D eigenvalue weighted by atomic mass is 16.5. The van der Waals surface area contributed by atoms with Crippen molar-refractivity contribution in [3.63, 3.8) is 0 Å². The predicted molar refractivity (Wildman–Crippen MR) is 75.3 cm³/mol. The van der Waals surface area contributed by atoms with Crippen molar-refractivity contribution in [1.82, 2.24) is 14.9 Å². The number of aromatic amines is 1. The lowest BCUT2D eigenvalue weighted by atomic mass is 10.2. The first-order valence-corrected chi connectivity index (χ1v) is 7.13. The Labute approximate surface area is 113 Å². The Morgan fingerprint density at radius 2 is 2.05 bits per heavy atom. The van der Waals surface area contributed by atoms with Crippen molar-refractivity contribution in [2.24, 2.45) is 0 Å². The van der Waals surface area contributed by atoms with E-state index in [-0.39, 0.29) is 0 Å². The standard InChI is InChI=1S/C15H20N3O/c1-2-4-10-18(9-3-1)11-12-19-14-6-5-13-7-8-16-15(13)17-14/h5-6,8H,1-4,9-12H2,(H,16,17). The maximum atomic E-state index is 5.74. The van der Waals surface area contributed by atoms with Gasteiger partial charge in [-0.25, -0.2) is 0 Å². The monoisotopic (exact) mass is 258 g/mol. The van der Waals surface area contributed by atoms with E-state index in [9.17, 15) is 0 Å². The van der Waals surface area contributed by atoms with Gasteiger partial charge >= 0.3 is 0 Å². The van der Waals surface area contributed by atoms with Gasteiger partial charge in [-0.05, 0) is 32.0 Å². The van der Waals surface area contributed by atoms with Crippen molar-refractivity contribution >= 4 is 11.0 Å². The first-order chi connectivity index (χ1) is 9.42. The third kappa shape index (κ3) is 3.26. The van der Waals surface area contributed by atoms with Crippen LogP contribution in [0.3, 0.4) is 0 Å². The normalized spacial score (nSPS) is 17.5. The van der Waals surface area contributed by atoms with Crippen LogP contribution in [-0.2, 0) is 0 Å². The molecule has 3 heterocycles. The van der Waals surface area contributed by atoms with Crippen LogP contribution >= 0.6 is 0 Å². The summed E-state index contributed by atoms with van der Waals surface area (Å²) in [4.78, 5) is 9.95. The molecule has 0 amide bonds. The Morgan fingerprint density at radius 3 is 2.89 bits per heavy atom. The zero-order valence-electron chi connectivity index (χ0n) is 11.2. The van der Waals surface area contributed by atoms with E-state index in [1.54, 1.807) is 6.20 Å². The second-order valence-corrected chi connectivity index (χ2v) is 5.08. The Balaban J connectivity index is 1.50. The lowest BCUT2D eigenvalue weighted by Crippen LogP contribution is -2.29. The molecule has 4 heteroatoms. The van der Waals surface area contributed by atoms with Gasteiger partial charge in [0.25, 0.3) is 0 Å². The lowest BCUT2D eigenvalue weighted by Gasteiger charge is -2.19. The highest BCUT2D eigenvalue weighted by Crippen LogP contribution is 2.14. The molecule has 0 saturated carbocycles. The number of likely N-dealkylation sites (tertiary alicyclic amines) is 1. The van der Waals surface area contributed by atoms with E-state index in [0.717, 1.165) is 17.6 Å². The fourth-order valence-electron chi connectivity index (χ4n) is 2.57. The fraction of sp³-hybridized carbons (Fsp3) is 0.533. The number of pyridine rings is 1. The smallest absolute Gasteiger partial charge is 0.215 e. The molecule has 1 aliphatic heterocycles. The third-order valence-electron chi connectivity index (χ3n) is 3.66. The molecule has 0 aliphatic carbocycles. The van der Waals surface area contributed by atoms with Crippen LogP contribution in [0.15, 0.2) is 18.3 Å². The molecule has 1 aliphatic rings. The van der Waals surface area contributed by atoms with Gasteiger partial charge in [-0.15, -0.1) is 0 Å². The van der Waals surface area contributed by atoms with Gasteiger partial charge < -0.3 is 9.72 Å². The summed E-state index contributed by atoms with van der Waals surface area (Å²) >= 11 is 0. The molecule has 4 nitrogen and oxygen atoms in total. The number of nitrogens with zero attached hydrogens (tertiary/aromatic N) is 2. The summed E-state index contributed by atoms with van der Waals surface area (Å²) < 4.78 is 5.74. The van der Waals surface area contributed by atoms with Crippen LogP contribution in [0, 0.1) is 6.07 Å². The Morgan fingerprint density at radius 1 is 1.21 bits per heavy atom. The molecule has 2 aromatic heterocycles. The molecular formula is C15H20N3O. The second kappa shape index (κ2) is 6.06. The van der Waals surface area contributed by atoms with Gasteiger partial charge in [0.2, 0.25) is 5.88 Å². The zero-order chi connectivity index (χ0) is 12.9. The van der Waals surface area contributed by atoms with Crippen molar-refractivity contribution < 1.29 is 4.74 Å². The minimum absolute atomic E-state index is 0.693. The molecule has 0 unspecified atom stereocenters. The van der Waals surface area contributed by atoms with Gasteiger partial charge in [0.05, 0.1) is 0 Å². The summed E-state index contributed by atoms with van der Waals surface area (Å²) in [5.74, 6) is 0.693. The van der Waals surface area contributed by atoms with E-state index >= 15 is 0 Å². The van der Waals surface area contributed by atoms with E-state index in [2.05, 4.69) is 20.9 Å². The number of fused-ring (bicyclic) bond motifs is 1. The molecule has 19 heavy (non-hydrogen) atoms. The number of ether oxygens (including phenoxy) is 1. The largest absolute Gasteiger partial charge is 0.476 e. The topological polar surface area (TPSA) is 41.1 Å². The highest BCUT2D eigenvalue weighted by Gasteiger charge is 2.08. The Hall–Kier alpha value is -1.55. The predicted octanol–water partition coefficient (Wildman–Crippen LogP) is 2.62. The number of nitrogens with one attached hydrogen (secondary N) is 1. The number of H-pyrrole nitrogens is 1. The number of aromatic nitrogens is 2. The van der Waals surface area contributed by atoms with Crippen molar-refractivity contribution in [2.45, 2.75) is 25.7 Å². The second-order valence-electron chi connectivity index (χ2n) is 5.08. The molecule has 0 aromatic carbocycles. The molecule has 0 atom stereocenters. The van der Waals surface area contributed by atoms with E-state index in [0.29, 0.717) is 12.5 Å². The fourth-order valence-corrected chi connectivity index (χ4v) is 2.57. The summed E-state index contributed by atoms with van der Waals surface area (Å²) in [6, 6.07) is 6.98. The van der Waals surface area contributed by atoms with Crippen LogP contribution in [0.5, 0.6) is 5.88 Å². The molecule has 0 spiro atoms. The molecule has 101 valence electrons. The third-order valence-corrected chi connectivity index (χ3v) is 3.66. The van der Waals surface area contributed by atoms with Crippen molar-refractivity contribution in [2.75, 3.05) is 26.2 Å². The van der Waals surface area contributed by atoms with Crippen LogP contribution in [-0.4, -0.2) is 41.1 Å². The Bertz CT molecular complexity index is 515. The van der Waals surface area contributed by atoms with Crippen molar-refractivity contribution in [3.8, 4) is 5.88 Å². The average molecular weight is 258 g/mol. The first kappa shape index (κ1) is 12.5.